The quantitative estimate of drug-likeness (QED) is 0.897. The van der Waals surface area contributed by atoms with Crippen molar-refractivity contribution in [2.75, 3.05) is 0 Å². The predicted octanol–water partition coefficient (Wildman–Crippen LogP) is 2.96. The molecule has 8 heteroatoms. The highest BCUT2D eigenvalue weighted by Crippen LogP contribution is 2.40. The second kappa shape index (κ2) is 6.07. The zero-order valence-electron chi connectivity index (χ0n) is 12.8. The molecule has 3 atom stereocenters. The van der Waals surface area contributed by atoms with Crippen molar-refractivity contribution in [3.63, 3.8) is 0 Å². The van der Waals surface area contributed by atoms with E-state index in [2.05, 4.69) is 4.98 Å². The number of likely N-dealkylation sites (tertiary alicyclic amines) is 1. The lowest BCUT2D eigenvalue weighted by Crippen LogP contribution is -2.46. The van der Waals surface area contributed by atoms with E-state index in [1.807, 2.05) is 0 Å². The van der Waals surface area contributed by atoms with E-state index in [0.717, 1.165) is 44.0 Å². The Hall–Kier alpha value is -2.12. The van der Waals surface area contributed by atoms with Gasteiger partial charge in [0.05, 0.1) is 5.56 Å². The largest absolute Gasteiger partial charge is 0.480 e. The molecular weight excluding hydrogens is 325 g/mol. The lowest BCUT2D eigenvalue weighted by molar-refractivity contribution is -0.142. The molecule has 24 heavy (non-hydrogen) atoms. The van der Waals surface area contributed by atoms with Crippen LogP contribution in [0.15, 0.2) is 18.3 Å². The summed E-state index contributed by atoms with van der Waals surface area (Å²) in [6, 6.07) is 0.729. The number of rotatable bonds is 2. The van der Waals surface area contributed by atoms with Gasteiger partial charge >= 0.3 is 12.1 Å². The number of carboxylic acid groups (broad SMARTS) is 1. The Morgan fingerprint density at radius 2 is 1.92 bits per heavy atom. The monoisotopic (exact) mass is 342 g/mol. The maximum absolute atomic E-state index is 12.7. The normalized spacial score (nSPS) is 27.0. The smallest absolute Gasteiger partial charge is 0.433 e. The summed E-state index contributed by atoms with van der Waals surface area (Å²) in [5.41, 5.74) is -1.09. The number of aromatic nitrogens is 1. The summed E-state index contributed by atoms with van der Waals surface area (Å²) in [4.78, 5) is 28.9. The minimum Gasteiger partial charge on any atom is -0.480 e. The first-order valence-corrected chi connectivity index (χ1v) is 7.87. The van der Waals surface area contributed by atoms with Crippen molar-refractivity contribution in [3.05, 3.63) is 29.6 Å². The number of amides is 1. The van der Waals surface area contributed by atoms with Crippen LogP contribution in [-0.4, -0.2) is 39.0 Å². The van der Waals surface area contributed by atoms with Crippen LogP contribution in [0.5, 0.6) is 0 Å². The van der Waals surface area contributed by atoms with Gasteiger partial charge in [0.25, 0.3) is 5.91 Å². The summed E-state index contributed by atoms with van der Waals surface area (Å²) < 4.78 is 37.7. The lowest BCUT2D eigenvalue weighted by atomic mass is 9.84. The Labute approximate surface area is 136 Å². The average Bonchev–Trinajstić information content (AvgIpc) is 2.93. The van der Waals surface area contributed by atoms with Gasteiger partial charge in [-0.15, -0.1) is 0 Å². The first kappa shape index (κ1) is 16.7. The van der Waals surface area contributed by atoms with E-state index in [-0.39, 0.29) is 17.5 Å². The summed E-state index contributed by atoms with van der Waals surface area (Å²) in [5, 5.41) is 9.42. The van der Waals surface area contributed by atoms with Crippen molar-refractivity contribution in [1.82, 2.24) is 9.88 Å². The van der Waals surface area contributed by atoms with Gasteiger partial charge in [0.1, 0.15) is 11.7 Å². The molecule has 1 aliphatic carbocycles. The van der Waals surface area contributed by atoms with E-state index >= 15 is 0 Å². The zero-order valence-corrected chi connectivity index (χ0v) is 12.8. The van der Waals surface area contributed by atoms with Crippen molar-refractivity contribution in [1.29, 1.82) is 0 Å². The second-order valence-corrected chi connectivity index (χ2v) is 6.34. The van der Waals surface area contributed by atoms with Crippen LogP contribution >= 0.6 is 0 Å². The maximum atomic E-state index is 12.7. The molecule has 2 fully saturated rings. The molecule has 1 aromatic rings. The molecule has 1 aromatic heterocycles. The fourth-order valence-corrected chi connectivity index (χ4v) is 3.81. The molecule has 1 N–H and O–H groups in total. The summed E-state index contributed by atoms with van der Waals surface area (Å²) in [7, 11) is 0. The lowest BCUT2D eigenvalue weighted by Gasteiger charge is -2.33. The number of halogens is 3. The highest BCUT2D eigenvalue weighted by molar-refractivity contribution is 5.97. The predicted molar refractivity (Wildman–Crippen MR) is 77.2 cm³/mol. The first-order valence-electron chi connectivity index (χ1n) is 7.87. The number of carboxylic acids is 1. The van der Waals surface area contributed by atoms with Gasteiger partial charge < -0.3 is 10.0 Å². The van der Waals surface area contributed by atoms with Crippen molar-refractivity contribution < 1.29 is 27.9 Å². The van der Waals surface area contributed by atoms with Gasteiger partial charge in [-0.2, -0.15) is 13.2 Å². The molecule has 0 bridgehead atoms. The van der Waals surface area contributed by atoms with Crippen LogP contribution in [0.3, 0.4) is 0 Å². The van der Waals surface area contributed by atoms with Crippen molar-refractivity contribution >= 4 is 11.9 Å². The van der Waals surface area contributed by atoms with Gasteiger partial charge in [-0.3, -0.25) is 9.78 Å². The summed E-state index contributed by atoms with van der Waals surface area (Å²) in [6.45, 7) is 0. The van der Waals surface area contributed by atoms with Gasteiger partial charge in [0.15, 0.2) is 0 Å². The fourth-order valence-electron chi connectivity index (χ4n) is 3.81. The Kier molecular flexibility index (Phi) is 4.23. The molecule has 1 saturated heterocycles. The van der Waals surface area contributed by atoms with Crippen molar-refractivity contribution in [2.45, 2.75) is 50.4 Å². The zero-order chi connectivity index (χ0) is 17.5. The number of pyridine rings is 1. The standard InChI is InChI=1S/C16H17F3N2O3/c17-16(18,19)13-6-5-10(8-20-13)14(22)21-11-4-2-1-3-9(11)7-12(21)15(23)24/h5-6,8-9,11-12H,1-4,7H2,(H,23,24)/t9-,11+,12-/m0/s1. The van der Waals surface area contributed by atoms with Crippen molar-refractivity contribution in [2.24, 2.45) is 5.92 Å². The van der Waals surface area contributed by atoms with Gasteiger partial charge in [0.2, 0.25) is 0 Å². The first-order chi connectivity index (χ1) is 11.3. The highest BCUT2D eigenvalue weighted by Gasteiger charge is 2.47. The number of alkyl halides is 3. The van der Waals surface area contributed by atoms with Crippen LogP contribution < -0.4 is 0 Å². The maximum Gasteiger partial charge on any atom is 0.433 e. The SMILES string of the molecule is O=C(O)[C@@H]1C[C@@H]2CCCC[C@H]2N1C(=O)c1ccc(C(F)(F)F)nc1. The summed E-state index contributed by atoms with van der Waals surface area (Å²) in [5.74, 6) is -1.48. The van der Waals surface area contributed by atoms with E-state index in [0.29, 0.717) is 6.42 Å². The molecule has 5 nitrogen and oxygen atoms in total. The second-order valence-electron chi connectivity index (χ2n) is 6.34. The van der Waals surface area contributed by atoms with Crippen LogP contribution in [0.2, 0.25) is 0 Å². The van der Waals surface area contributed by atoms with E-state index in [1.54, 1.807) is 0 Å². The molecule has 2 aliphatic rings. The molecule has 3 rings (SSSR count). The number of aliphatic carboxylic acids is 1. The van der Waals surface area contributed by atoms with E-state index in [1.165, 1.54) is 4.90 Å². The molecule has 1 amide bonds. The third-order valence-corrected chi connectivity index (χ3v) is 4.91. The van der Waals surface area contributed by atoms with Crippen LogP contribution in [0.4, 0.5) is 13.2 Å². The summed E-state index contributed by atoms with van der Waals surface area (Å²) in [6.07, 6.45) is 0.241. The Morgan fingerprint density at radius 1 is 1.21 bits per heavy atom. The summed E-state index contributed by atoms with van der Waals surface area (Å²) >= 11 is 0. The van der Waals surface area contributed by atoms with Gasteiger partial charge in [-0.05, 0) is 37.3 Å². The number of carbonyl (C=O) groups is 2. The van der Waals surface area contributed by atoms with Gasteiger partial charge in [0, 0.05) is 12.2 Å². The molecule has 130 valence electrons. The molecule has 2 heterocycles. The van der Waals surface area contributed by atoms with Crippen LogP contribution in [0.1, 0.15) is 48.2 Å². The number of carbonyl (C=O) groups excluding carboxylic acids is 1. The van der Waals surface area contributed by atoms with Crippen LogP contribution in [-0.2, 0) is 11.0 Å². The van der Waals surface area contributed by atoms with Crippen LogP contribution in [0, 0.1) is 5.92 Å². The van der Waals surface area contributed by atoms with E-state index in [9.17, 15) is 27.9 Å². The molecule has 0 aromatic carbocycles. The number of nitrogens with zero attached hydrogens (tertiary/aromatic N) is 2. The van der Waals surface area contributed by atoms with Crippen LogP contribution in [0.25, 0.3) is 0 Å². The number of fused-ring (bicyclic) bond motifs is 1. The molecule has 0 spiro atoms. The Bertz CT molecular complexity index is 645. The minimum atomic E-state index is -4.58. The van der Waals surface area contributed by atoms with Gasteiger partial charge in [-0.1, -0.05) is 12.8 Å². The third kappa shape index (κ3) is 2.97. The van der Waals surface area contributed by atoms with E-state index < -0.39 is 29.8 Å². The van der Waals surface area contributed by atoms with Gasteiger partial charge in [-0.25, -0.2) is 4.79 Å². The third-order valence-electron chi connectivity index (χ3n) is 4.91. The average molecular weight is 342 g/mol. The topological polar surface area (TPSA) is 70.5 Å². The van der Waals surface area contributed by atoms with E-state index in [4.69, 9.17) is 0 Å². The van der Waals surface area contributed by atoms with Crippen molar-refractivity contribution in [3.8, 4) is 0 Å². The fraction of sp³-hybridized carbons (Fsp3) is 0.562. The molecule has 0 unspecified atom stereocenters. The highest BCUT2D eigenvalue weighted by atomic mass is 19.4. The molecular formula is C16H17F3N2O3. The number of hydrogen-bond donors (Lipinski definition) is 1. The Balaban J connectivity index is 1.87. The minimum absolute atomic E-state index is 0.0135. The molecule has 1 saturated carbocycles. The molecule has 1 aliphatic heterocycles. The Morgan fingerprint density at radius 3 is 2.50 bits per heavy atom. The number of hydrogen-bond acceptors (Lipinski definition) is 3. The molecule has 0 radical (unpaired) electrons.